The van der Waals surface area contributed by atoms with Crippen molar-refractivity contribution in [2.45, 2.75) is 18.1 Å². The Bertz CT molecular complexity index is 447. The standard InChI is InChI=1S/C10H13N3O5/c1-17-8(15)6-4-3-5(14)10(7(4)6,12-13-11)9(16)18-2/h4-7,14H,3H2,1-2H3/t4-,5+,6-,7-,10-/m0/s1. The molecule has 0 unspecified atom stereocenters. The van der Waals surface area contributed by atoms with Gasteiger partial charge in [0.25, 0.3) is 0 Å². The van der Waals surface area contributed by atoms with Crippen molar-refractivity contribution in [2.75, 3.05) is 14.2 Å². The summed E-state index contributed by atoms with van der Waals surface area (Å²) in [7, 11) is 2.40. The summed E-state index contributed by atoms with van der Waals surface area (Å²) in [6.07, 6.45) is -0.907. The topological polar surface area (TPSA) is 122 Å². The zero-order valence-electron chi connectivity index (χ0n) is 9.94. The van der Waals surface area contributed by atoms with Gasteiger partial charge in [-0.1, -0.05) is 5.11 Å². The van der Waals surface area contributed by atoms with Crippen LogP contribution >= 0.6 is 0 Å². The van der Waals surface area contributed by atoms with Gasteiger partial charge in [0.1, 0.15) is 0 Å². The highest BCUT2D eigenvalue weighted by molar-refractivity contribution is 5.88. The molecule has 2 saturated carbocycles. The van der Waals surface area contributed by atoms with E-state index in [9.17, 15) is 14.7 Å². The minimum Gasteiger partial charge on any atom is -0.469 e. The normalized spacial score (nSPS) is 40.4. The monoisotopic (exact) mass is 255 g/mol. The second-order valence-corrected chi connectivity index (χ2v) is 4.50. The molecule has 0 saturated heterocycles. The quantitative estimate of drug-likeness (QED) is 0.329. The fraction of sp³-hybridized carbons (Fsp3) is 0.800. The minimum atomic E-state index is -1.70. The van der Waals surface area contributed by atoms with Crippen molar-refractivity contribution in [2.24, 2.45) is 22.9 Å². The summed E-state index contributed by atoms with van der Waals surface area (Å²) >= 11 is 0. The van der Waals surface area contributed by atoms with Crippen molar-refractivity contribution in [1.29, 1.82) is 0 Å². The molecule has 1 N–H and O–H groups in total. The van der Waals surface area contributed by atoms with E-state index in [4.69, 9.17) is 5.53 Å². The summed E-state index contributed by atoms with van der Waals surface area (Å²) in [6, 6.07) is 0. The molecule has 2 aliphatic rings. The van der Waals surface area contributed by atoms with Gasteiger partial charge in [0, 0.05) is 10.8 Å². The first-order chi connectivity index (χ1) is 8.54. The van der Waals surface area contributed by atoms with E-state index < -0.39 is 35.4 Å². The maximum absolute atomic E-state index is 11.8. The Balaban J connectivity index is 2.37. The van der Waals surface area contributed by atoms with Gasteiger partial charge in [0.2, 0.25) is 0 Å². The van der Waals surface area contributed by atoms with E-state index >= 15 is 0 Å². The number of esters is 2. The van der Waals surface area contributed by atoms with Gasteiger partial charge in [-0.2, -0.15) is 0 Å². The number of hydrogen-bond donors (Lipinski definition) is 1. The molecule has 0 heterocycles. The number of aliphatic hydroxyl groups excluding tert-OH is 1. The molecule has 0 bridgehead atoms. The van der Waals surface area contributed by atoms with Gasteiger partial charge < -0.3 is 14.6 Å². The van der Waals surface area contributed by atoms with E-state index in [-0.39, 0.29) is 12.3 Å². The summed E-state index contributed by atoms with van der Waals surface area (Å²) in [5.74, 6) is -2.52. The largest absolute Gasteiger partial charge is 0.469 e. The molecule has 98 valence electrons. The number of azide groups is 1. The molecule has 0 aliphatic heterocycles. The molecule has 0 aromatic heterocycles. The van der Waals surface area contributed by atoms with Gasteiger partial charge in [-0.3, -0.25) is 9.59 Å². The van der Waals surface area contributed by atoms with Gasteiger partial charge in [-0.25, -0.2) is 0 Å². The number of nitrogens with zero attached hydrogens (tertiary/aromatic N) is 3. The van der Waals surface area contributed by atoms with E-state index in [0.717, 1.165) is 7.11 Å². The number of methoxy groups -OCH3 is 2. The molecule has 2 fully saturated rings. The fourth-order valence-electron chi connectivity index (χ4n) is 3.07. The van der Waals surface area contributed by atoms with Crippen LogP contribution in [0, 0.1) is 17.8 Å². The average Bonchev–Trinajstić information content (AvgIpc) is 3.00. The van der Waals surface area contributed by atoms with Crippen molar-refractivity contribution in [3.05, 3.63) is 10.4 Å². The van der Waals surface area contributed by atoms with Crippen LogP contribution in [-0.2, 0) is 19.1 Å². The number of ether oxygens (including phenoxy) is 2. The van der Waals surface area contributed by atoms with Crippen LogP contribution in [0.3, 0.4) is 0 Å². The first kappa shape index (κ1) is 12.7. The molecule has 0 aromatic rings. The van der Waals surface area contributed by atoms with E-state index in [1.165, 1.54) is 7.11 Å². The molecular formula is C10H13N3O5. The number of carbonyl (C=O) groups is 2. The minimum absolute atomic E-state index is 0.197. The second-order valence-electron chi connectivity index (χ2n) is 4.50. The lowest BCUT2D eigenvalue weighted by molar-refractivity contribution is -0.153. The Morgan fingerprint density at radius 3 is 2.61 bits per heavy atom. The summed E-state index contributed by atoms with van der Waals surface area (Å²) in [6.45, 7) is 0. The van der Waals surface area contributed by atoms with Crippen molar-refractivity contribution in [1.82, 2.24) is 0 Å². The van der Waals surface area contributed by atoms with Crippen molar-refractivity contribution in [3.63, 3.8) is 0 Å². The maximum Gasteiger partial charge on any atom is 0.320 e. The van der Waals surface area contributed by atoms with Crippen LogP contribution in [0.5, 0.6) is 0 Å². The van der Waals surface area contributed by atoms with E-state index in [1.54, 1.807) is 0 Å². The van der Waals surface area contributed by atoms with Gasteiger partial charge in [0.05, 0.1) is 26.2 Å². The molecule has 0 radical (unpaired) electrons. The molecule has 2 rings (SSSR count). The van der Waals surface area contributed by atoms with Crippen molar-refractivity contribution >= 4 is 11.9 Å². The third kappa shape index (κ3) is 1.39. The summed E-state index contributed by atoms with van der Waals surface area (Å²) in [4.78, 5) is 26.0. The van der Waals surface area contributed by atoms with Crippen LogP contribution in [0.15, 0.2) is 5.11 Å². The number of rotatable bonds is 3. The molecule has 8 nitrogen and oxygen atoms in total. The van der Waals surface area contributed by atoms with Gasteiger partial charge in [-0.05, 0) is 17.9 Å². The molecule has 8 heteroatoms. The lowest BCUT2D eigenvalue weighted by Gasteiger charge is -2.27. The van der Waals surface area contributed by atoms with Crippen LogP contribution in [-0.4, -0.2) is 42.9 Å². The lowest BCUT2D eigenvalue weighted by atomic mass is 9.88. The van der Waals surface area contributed by atoms with Crippen LogP contribution in [0.1, 0.15) is 6.42 Å². The molecule has 0 aromatic carbocycles. The van der Waals surface area contributed by atoms with Crippen LogP contribution in [0.4, 0.5) is 0 Å². The second kappa shape index (κ2) is 4.15. The fourth-order valence-corrected chi connectivity index (χ4v) is 3.07. The highest BCUT2D eigenvalue weighted by atomic mass is 16.5. The summed E-state index contributed by atoms with van der Waals surface area (Å²) in [5.41, 5.74) is 6.89. The van der Waals surface area contributed by atoms with Gasteiger partial charge in [-0.15, -0.1) is 0 Å². The zero-order valence-corrected chi connectivity index (χ0v) is 9.94. The highest BCUT2D eigenvalue weighted by Gasteiger charge is 2.75. The maximum atomic E-state index is 11.8. The zero-order chi connectivity index (χ0) is 13.5. The smallest absolute Gasteiger partial charge is 0.320 e. The Hall–Kier alpha value is -1.79. The first-order valence-corrected chi connectivity index (χ1v) is 5.45. The van der Waals surface area contributed by atoms with Crippen molar-refractivity contribution < 1.29 is 24.2 Å². The Labute approximate surface area is 102 Å². The van der Waals surface area contributed by atoms with E-state index in [2.05, 4.69) is 19.5 Å². The first-order valence-electron chi connectivity index (χ1n) is 5.45. The SMILES string of the molecule is COC(=O)[C@H]1[C@@H]2C[C@@H](O)[C@@](N=[N+]=[N-])(C(=O)OC)[C@@H]21. The predicted molar refractivity (Wildman–Crippen MR) is 57.0 cm³/mol. The van der Waals surface area contributed by atoms with Gasteiger partial charge in [0.15, 0.2) is 5.54 Å². The van der Waals surface area contributed by atoms with Crippen LogP contribution in [0.2, 0.25) is 0 Å². The number of aliphatic hydroxyl groups is 1. The molecule has 0 amide bonds. The van der Waals surface area contributed by atoms with E-state index in [0.29, 0.717) is 0 Å². The van der Waals surface area contributed by atoms with E-state index in [1.807, 2.05) is 0 Å². The Morgan fingerprint density at radius 1 is 1.44 bits per heavy atom. The molecule has 2 aliphatic carbocycles. The van der Waals surface area contributed by atoms with Gasteiger partial charge >= 0.3 is 11.9 Å². The average molecular weight is 255 g/mol. The Kier molecular flexibility index (Phi) is 2.92. The summed E-state index contributed by atoms with van der Waals surface area (Å²) in [5, 5.41) is 13.4. The molecular weight excluding hydrogens is 242 g/mol. The number of hydrogen-bond acceptors (Lipinski definition) is 6. The third-order valence-corrected chi connectivity index (χ3v) is 3.88. The lowest BCUT2D eigenvalue weighted by Crippen LogP contribution is -2.49. The number of fused-ring (bicyclic) bond motifs is 1. The third-order valence-electron chi connectivity index (χ3n) is 3.88. The summed E-state index contributed by atoms with van der Waals surface area (Å²) < 4.78 is 9.23. The predicted octanol–water partition coefficient (Wildman–Crippen LogP) is 0.00830. The number of carbonyl (C=O) groups excluding carboxylic acids is 2. The van der Waals surface area contributed by atoms with Crippen LogP contribution < -0.4 is 0 Å². The van der Waals surface area contributed by atoms with Crippen molar-refractivity contribution in [3.8, 4) is 0 Å². The Morgan fingerprint density at radius 2 is 2.11 bits per heavy atom. The highest BCUT2D eigenvalue weighted by Crippen LogP contribution is 2.64. The molecule has 18 heavy (non-hydrogen) atoms. The molecule has 5 atom stereocenters. The van der Waals surface area contributed by atoms with Crippen LogP contribution in [0.25, 0.3) is 10.4 Å². The molecule has 0 spiro atoms.